The first-order chi connectivity index (χ1) is 13.2. The van der Waals surface area contributed by atoms with Gasteiger partial charge in [-0.05, 0) is 54.6 Å². The molecule has 1 atom stereocenters. The number of amides is 1. The molecule has 6 heteroatoms. The summed E-state index contributed by atoms with van der Waals surface area (Å²) < 4.78 is 20.0. The van der Waals surface area contributed by atoms with Gasteiger partial charge in [0, 0.05) is 26.8 Å². The van der Waals surface area contributed by atoms with Gasteiger partial charge in [0.25, 0.3) is 5.91 Å². The molecule has 4 rings (SSSR count). The minimum absolute atomic E-state index is 0.0888. The van der Waals surface area contributed by atoms with Gasteiger partial charge in [0.15, 0.2) is 0 Å². The van der Waals surface area contributed by atoms with Crippen LogP contribution >= 0.6 is 23.1 Å². The minimum Gasteiger partial charge on any atom is -0.377 e. The minimum atomic E-state index is -0.243. The van der Waals surface area contributed by atoms with Gasteiger partial charge in [-0.2, -0.15) is 0 Å². The van der Waals surface area contributed by atoms with Crippen LogP contribution in [0.1, 0.15) is 28.1 Å². The highest BCUT2D eigenvalue weighted by atomic mass is 32.2. The fourth-order valence-corrected chi connectivity index (χ4v) is 5.26. The number of hydrogen-bond acceptors (Lipinski definition) is 4. The van der Waals surface area contributed by atoms with Gasteiger partial charge in [-0.1, -0.05) is 12.1 Å². The van der Waals surface area contributed by atoms with Crippen LogP contribution in [0.2, 0.25) is 0 Å². The average molecular weight is 402 g/mol. The van der Waals surface area contributed by atoms with Crippen molar-refractivity contribution in [1.29, 1.82) is 0 Å². The van der Waals surface area contributed by atoms with Crippen molar-refractivity contribution in [2.45, 2.75) is 30.4 Å². The number of benzene rings is 2. The number of thioether (sulfide) groups is 1. The molecule has 1 aliphatic rings. The van der Waals surface area contributed by atoms with E-state index in [2.05, 4.69) is 5.32 Å². The lowest BCUT2D eigenvalue weighted by Gasteiger charge is -2.12. The molecule has 0 saturated carbocycles. The zero-order chi connectivity index (χ0) is 18.6. The molecule has 3 nitrogen and oxygen atoms in total. The van der Waals surface area contributed by atoms with Crippen molar-refractivity contribution in [2.24, 2.45) is 0 Å². The van der Waals surface area contributed by atoms with Crippen molar-refractivity contribution in [3.8, 4) is 0 Å². The number of ether oxygens (including phenoxy) is 1. The van der Waals surface area contributed by atoms with Crippen molar-refractivity contribution in [1.82, 2.24) is 5.32 Å². The van der Waals surface area contributed by atoms with Crippen LogP contribution in [0.25, 0.3) is 10.1 Å². The quantitative estimate of drug-likeness (QED) is 0.574. The topological polar surface area (TPSA) is 38.3 Å². The van der Waals surface area contributed by atoms with Crippen LogP contribution in [0.5, 0.6) is 0 Å². The Morgan fingerprint density at radius 3 is 3.00 bits per heavy atom. The molecule has 1 fully saturated rings. The maximum Gasteiger partial charge on any atom is 0.252 e. The van der Waals surface area contributed by atoms with Gasteiger partial charge in [-0.3, -0.25) is 4.79 Å². The Hall–Kier alpha value is -1.89. The maximum absolute atomic E-state index is 13.3. The van der Waals surface area contributed by atoms with E-state index in [0.717, 1.165) is 45.1 Å². The third-order valence-corrected chi connectivity index (χ3v) is 6.85. The fraction of sp³-hybridized carbons (Fsp3) is 0.286. The molecule has 3 aromatic rings. The monoisotopic (exact) mass is 401 g/mol. The molecular formula is C21H20FNO2S2. The number of halogens is 1. The number of carbonyl (C=O) groups excluding carboxylic acids is 1. The number of rotatable bonds is 6. The Balaban J connectivity index is 1.41. The molecule has 2 aromatic carbocycles. The highest BCUT2D eigenvalue weighted by Crippen LogP contribution is 2.28. The van der Waals surface area contributed by atoms with Crippen molar-refractivity contribution in [3.05, 3.63) is 64.8 Å². The van der Waals surface area contributed by atoms with Crippen LogP contribution in [0, 0.1) is 5.82 Å². The molecule has 0 radical (unpaired) electrons. The van der Waals surface area contributed by atoms with Gasteiger partial charge < -0.3 is 10.1 Å². The summed E-state index contributed by atoms with van der Waals surface area (Å²) in [5.74, 6) is 0.536. The van der Waals surface area contributed by atoms with Gasteiger partial charge in [-0.25, -0.2) is 4.39 Å². The van der Waals surface area contributed by atoms with E-state index in [-0.39, 0.29) is 17.8 Å². The summed E-state index contributed by atoms with van der Waals surface area (Å²) in [5.41, 5.74) is 0.688. The van der Waals surface area contributed by atoms with Gasteiger partial charge in [0.05, 0.1) is 18.2 Å². The summed E-state index contributed by atoms with van der Waals surface area (Å²) in [4.78, 5) is 14.7. The van der Waals surface area contributed by atoms with Crippen LogP contribution in [-0.4, -0.2) is 24.4 Å². The predicted molar refractivity (Wildman–Crippen MR) is 109 cm³/mol. The second kappa shape index (κ2) is 8.42. The summed E-state index contributed by atoms with van der Waals surface area (Å²) >= 11 is 3.25. The van der Waals surface area contributed by atoms with Gasteiger partial charge >= 0.3 is 0 Å². The van der Waals surface area contributed by atoms with Crippen molar-refractivity contribution < 1.29 is 13.9 Å². The van der Waals surface area contributed by atoms with E-state index in [4.69, 9.17) is 4.74 Å². The number of carbonyl (C=O) groups is 1. The van der Waals surface area contributed by atoms with E-state index in [9.17, 15) is 9.18 Å². The van der Waals surface area contributed by atoms with Crippen molar-refractivity contribution >= 4 is 39.1 Å². The Morgan fingerprint density at radius 1 is 1.26 bits per heavy atom. The zero-order valence-electron chi connectivity index (χ0n) is 14.7. The van der Waals surface area contributed by atoms with Crippen LogP contribution < -0.4 is 5.32 Å². The first-order valence-electron chi connectivity index (χ1n) is 8.98. The lowest BCUT2D eigenvalue weighted by Crippen LogP contribution is -2.23. The van der Waals surface area contributed by atoms with E-state index in [1.807, 2.05) is 30.3 Å². The van der Waals surface area contributed by atoms with E-state index < -0.39 is 0 Å². The number of fused-ring (bicyclic) bond motifs is 1. The summed E-state index contributed by atoms with van der Waals surface area (Å²) in [6.07, 6.45) is 2.49. The number of thiophene rings is 1. The second-order valence-electron chi connectivity index (χ2n) is 6.52. The highest BCUT2D eigenvalue weighted by molar-refractivity contribution is 7.99. The smallest absolute Gasteiger partial charge is 0.252 e. The molecule has 27 heavy (non-hydrogen) atoms. The Kier molecular flexibility index (Phi) is 5.76. The average Bonchev–Trinajstić information content (AvgIpc) is 3.33. The summed E-state index contributed by atoms with van der Waals surface area (Å²) in [7, 11) is 0. The Morgan fingerprint density at radius 2 is 2.15 bits per heavy atom. The molecule has 0 aliphatic carbocycles. The number of nitrogens with one attached hydrogen (secondary N) is 1. The van der Waals surface area contributed by atoms with Gasteiger partial charge in [-0.15, -0.1) is 23.1 Å². The van der Waals surface area contributed by atoms with Crippen LogP contribution in [-0.2, 0) is 11.3 Å². The molecule has 0 spiro atoms. The van der Waals surface area contributed by atoms with Crippen molar-refractivity contribution in [2.75, 3.05) is 12.4 Å². The molecule has 1 unspecified atom stereocenters. The second-order valence-corrected chi connectivity index (χ2v) is 8.75. The molecule has 140 valence electrons. The highest BCUT2D eigenvalue weighted by Gasteiger charge is 2.18. The molecule has 1 aliphatic heterocycles. The van der Waals surface area contributed by atoms with E-state index >= 15 is 0 Å². The molecular weight excluding hydrogens is 381 g/mol. The largest absolute Gasteiger partial charge is 0.377 e. The van der Waals surface area contributed by atoms with Crippen LogP contribution in [0.15, 0.2) is 53.4 Å². The normalized spacial score (nSPS) is 16.7. The van der Waals surface area contributed by atoms with Crippen LogP contribution in [0.3, 0.4) is 0 Å². The summed E-state index contributed by atoms with van der Waals surface area (Å²) in [5, 5.41) is 3.86. The first-order valence-corrected chi connectivity index (χ1v) is 10.8. The summed E-state index contributed by atoms with van der Waals surface area (Å²) in [6.45, 7) is 1.27. The van der Waals surface area contributed by atoms with E-state index in [1.54, 1.807) is 29.2 Å². The molecule has 1 saturated heterocycles. The predicted octanol–water partition coefficient (Wildman–Crippen LogP) is 5.24. The maximum atomic E-state index is 13.3. The standard InChI is InChI=1S/C21H20FNO2S2/c22-15-7-8-19-14(10-15)11-17(27-19)12-23-21(24)18-5-1-2-6-20(18)26-13-16-4-3-9-25-16/h1-2,5-8,10-11,16H,3-4,9,12-13H2,(H,23,24). The summed E-state index contributed by atoms with van der Waals surface area (Å²) in [6, 6.07) is 14.4. The third kappa shape index (κ3) is 4.51. The van der Waals surface area contributed by atoms with E-state index in [1.165, 1.54) is 12.1 Å². The molecule has 1 aromatic heterocycles. The first kappa shape index (κ1) is 18.5. The molecule has 1 amide bonds. The zero-order valence-corrected chi connectivity index (χ0v) is 16.4. The van der Waals surface area contributed by atoms with Crippen LogP contribution in [0.4, 0.5) is 4.39 Å². The molecule has 2 heterocycles. The van der Waals surface area contributed by atoms with Crippen molar-refractivity contribution in [3.63, 3.8) is 0 Å². The van der Waals surface area contributed by atoms with Gasteiger partial charge in [0.2, 0.25) is 0 Å². The SMILES string of the molecule is O=C(NCc1cc2cc(F)ccc2s1)c1ccccc1SCC1CCCO1. The lowest BCUT2D eigenvalue weighted by atomic mass is 10.2. The number of hydrogen-bond donors (Lipinski definition) is 1. The van der Waals surface area contributed by atoms with E-state index in [0.29, 0.717) is 12.1 Å². The third-order valence-electron chi connectivity index (χ3n) is 4.53. The van der Waals surface area contributed by atoms with Gasteiger partial charge in [0.1, 0.15) is 5.82 Å². The Bertz CT molecular complexity index is 950. The lowest BCUT2D eigenvalue weighted by molar-refractivity contribution is 0.0948. The molecule has 1 N–H and O–H groups in total. The Labute approximate surface area is 165 Å². The fourth-order valence-electron chi connectivity index (χ4n) is 3.16. The molecule has 0 bridgehead atoms.